The third-order valence-electron chi connectivity index (χ3n) is 8.82. The first-order chi connectivity index (χ1) is 22.1. The van der Waals surface area contributed by atoms with Gasteiger partial charge in [0.05, 0.1) is 18.9 Å². The Morgan fingerprint density at radius 2 is 1.89 bits per heavy atom. The van der Waals surface area contributed by atoms with Crippen molar-refractivity contribution in [1.82, 2.24) is 29.0 Å². The highest BCUT2D eigenvalue weighted by Gasteiger charge is 2.49. The summed E-state index contributed by atoms with van der Waals surface area (Å²) >= 11 is 6.02. The average molecular weight is 678 g/mol. The Kier molecular flexibility index (Phi) is 8.35. The summed E-state index contributed by atoms with van der Waals surface area (Å²) in [6.07, 6.45) is -1.09. The van der Waals surface area contributed by atoms with Gasteiger partial charge in [-0.2, -0.15) is 22.7 Å². The molecule has 47 heavy (non-hydrogen) atoms. The molecule has 3 aromatic heterocycles. The standard InChI is InChI=1S/C31H35ClF3N7O5/c1-17-15-30(9-11-40(12-10-30)28(45)47-29(2,3)4)22-23(17)41(16-21(43)36-19-5-6-20(31(33,34)35)37-24(19)32)27-38-25(39-42(27)26(22)44)18-7-13-46-14-8-18/h5-7,17H,8-16H2,1-4H3,(H,36,43)/t17-/m1/s1. The highest BCUT2D eigenvalue weighted by molar-refractivity contribution is 6.32. The largest absolute Gasteiger partial charge is 0.444 e. The Hall–Kier alpha value is -3.98. The van der Waals surface area contributed by atoms with Crippen molar-refractivity contribution in [2.75, 3.05) is 31.6 Å². The van der Waals surface area contributed by atoms with Gasteiger partial charge in [0.15, 0.2) is 11.0 Å². The molecule has 12 nitrogen and oxygen atoms in total. The Balaban J connectivity index is 1.39. The van der Waals surface area contributed by atoms with E-state index in [4.69, 9.17) is 26.1 Å². The number of amides is 2. The Bertz CT molecular complexity index is 1840. The lowest BCUT2D eigenvalue weighted by atomic mass is 9.74. The summed E-state index contributed by atoms with van der Waals surface area (Å²) in [6, 6.07) is 1.78. The Morgan fingerprint density at radius 1 is 1.17 bits per heavy atom. The Morgan fingerprint density at radius 3 is 2.51 bits per heavy atom. The van der Waals surface area contributed by atoms with Crippen LogP contribution in [0.15, 0.2) is 23.0 Å². The normalized spacial score (nSPS) is 19.5. The molecule has 16 heteroatoms. The van der Waals surface area contributed by atoms with Gasteiger partial charge < -0.3 is 24.3 Å². The Labute approximate surface area is 272 Å². The first kappa shape index (κ1) is 32.9. The van der Waals surface area contributed by atoms with E-state index >= 15 is 0 Å². The number of rotatable bonds is 4. The fourth-order valence-corrected chi connectivity index (χ4v) is 7.01. The zero-order valence-electron chi connectivity index (χ0n) is 26.4. The van der Waals surface area contributed by atoms with Gasteiger partial charge in [0.1, 0.15) is 17.8 Å². The molecule has 0 aromatic carbocycles. The van der Waals surface area contributed by atoms with Crippen LogP contribution in [0.4, 0.5) is 23.7 Å². The van der Waals surface area contributed by atoms with E-state index in [1.54, 1.807) is 30.2 Å². The van der Waals surface area contributed by atoms with E-state index in [9.17, 15) is 27.6 Å². The van der Waals surface area contributed by atoms with E-state index < -0.39 is 40.0 Å². The number of pyridine rings is 1. The van der Waals surface area contributed by atoms with Crippen molar-refractivity contribution in [2.45, 2.75) is 83.0 Å². The molecule has 2 aliphatic heterocycles. The number of carbonyl (C=O) groups excluding carboxylic acids is 2. The monoisotopic (exact) mass is 677 g/mol. The van der Waals surface area contributed by atoms with Crippen LogP contribution in [-0.2, 0) is 32.4 Å². The van der Waals surface area contributed by atoms with Gasteiger partial charge in [-0.3, -0.25) is 9.59 Å². The minimum absolute atomic E-state index is 0.0908. The van der Waals surface area contributed by atoms with Crippen LogP contribution >= 0.6 is 11.6 Å². The van der Waals surface area contributed by atoms with E-state index in [1.165, 1.54) is 4.52 Å². The lowest BCUT2D eigenvalue weighted by Gasteiger charge is -2.40. The van der Waals surface area contributed by atoms with Gasteiger partial charge >= 0.3 is 12.3 Å². The van der Waals surface area contributed by atoms with Crippen molar-refractivity contribution in [1.29, 1.82) is 0 Å². The summed E-state index contributed by atoms with van der Waals surface area (Å²) in [5.74, 6) is -0.260. The zero-order chi connectivity index (χ0) is 33.9. The van der Waals surface area contributed by atoms with E-state index in [0.29, 0.717) is 69.1 Å². The number of nitrogens with zero attached hydrogens (tertiary/aromatic N) is 6. The molecule has 0 radical (unpaired) electrons. The van der Waals surface area contributed by atoms with Crippen LogP contribution in [0.1, 0.15) is 82.1 Å². The second kappa shape index (κ2) is 11.9. The fraction of sp³-hybridized carbons (Fsp3) is 0.548. The molecule has 3 aliphatic rings. The number of likely N-dealkylation sites (tertiary alicyclic amines) is 1. The average Bonchev–Trinajstić information content (AvgIpc) is 3.56. The molecule has 2 amide bonds. The van der Waals surface area contributed by atoms with Gasteiger partial charge in [-0.15, -0.1) is 5.10 Å². The van der Waals surface area contributed by atoms with Crippen LogP contribution in [0.5, 0.6) is 0 Å². The van der Waals surface area contributed by atoms with Gasteiger partial charge in [0.2, 0.25) is 11.7 Å². The molecule has 5 heterocycles. The summed E-state index contributed by atoms with van der Waals surface area (Å²) < 4.78 is 53.2. The van der Waals surface area contributed by atoms with Gasteiger partial charge in [0.25, 0.3) is 5.56 Å². The second-order valence-corrected chi connectivity index (χ2v) is 13.6. The number of fused-ring (bicyclic) bond motifs is 3. The molecule has 6 rings (SSSR count). The molecule has 0 saturated carbocycles. The molecule has 0 bridgehead atoms. The predicted octanol–water partition coefficient (Wildman–Crippen LogP) is 5.18. The number of carbonyl (C=O) groups is 2. The number of nitrogens with one attached hydrogen (secondary N) is 1. The lowest BCUT2D eigenvalue weighted by molar-refractivity contribution is -0.141. The molecule has 1 aliphatic carbocycles. The summed E-state index contributed by atoms with van der Waals surface area (Å²) in [5.41, 5.74) is -0.856. The summed E-state index contributed by atoms with van der Waals surface area (Å²) in [6.45, 7) is 8.69. The van der Waals surface area contributed by atoms with Crippen LogP contribution in [-0.4, -0.2) is 73.0 Å². The number of hydrogen-bond donors (Lipinski definition) is 1. The van der Waals surface area contributed by atoms with E-state index in [-0.39, 0.29) is 29.5 Å². The smallest absolute Gasteiger partial charge is 0.433 e. The maximum absolute atomic E-state index is 14.3. The van der Waals surface area contributed by atoms with Crippen LogP contribution in [0.3, 0.4) is 0 Å². The zero-order valence-corrected chi connectivity index (χ0v) is 27.2. The van der Waals surface area contributed by atoms with Crippen molar-refractivity contribution in [3.8, 4) is 0 Å². The highest BCUT2D eigenvalue weighted by Crippen LogP contribution is 2.50. The number of alkyl halides is 3. The molecule has 1 saturated heterocycles. The first-order valence-corrected chi connectivity index (χ1v) is 15.8. The molecule has 1 N–H and O–H groups in total. The first-order valence-electron chi connectivity index (χ1n) is 15.4. The summed E-state index contributed by atoms with van der Waals surface area (Å²) in [5, 5.41) is 6.64. The van der Waals surface area contributed by atoms with Gasteiger partial charge in [0, 0.05) is 29.8 Å². The van der Waals surface area contributed by atoms with Gasteiger partial charge in [-0.25, -0.2) is 9.78 Å². The topological polar surface area (TPSA) is 133 Å². The molecule has 0 unspecified atom stereocenters. The number of ether oxygens (including phenoxy) is 2. The summed E-state index contributed by atoms with van der Waals surface area (Å²) in [4.78, 5) is 50.4. The molecule has 3 aromatic rings. The third kappa shape index (κ3) is 6.34. The minimum Gasteiger partial charge on any atom is -0.444 e. The van der Waals surface area contributed by atoms with Crippen molar-refractivity contribution < 1.29 is 32.2 Å². The molecular weight excluding hydrogens is 643 g/mol. The number of piperidine rings is 1. The third-order valence-corrected chi connectivity index (χ3v) is 9.10. The fourth-order valence-electron chi connectivity index (χ4n) is 6.81. The van der Waals surface area contributed by atoms with E-state index in [0.717, 1.165) is 17.7 Å². The van der Waals surface area contributed by atoms with Gasteiger partial charge in [-0.05, 0) is 70.1 Å². The molecular formula is C31H35ClF3N7O5. The number of hydrogen-bond acceptors (Lipinski definition) is 8. The van der Waals surface area contributed by atoms with Crippen LogP contribution in [0.25, 0.3) is 11.4 Å². The molecule has 252 valence electrons. The minimum atomic E-state index is -4.70. The van der Waals surface area contributed by atoms with Crippen LogP contribution in [0.2, 0.25) is 5.15 Å². The van der Waals surface area contributed by atoms with Crippen molar-refractivity contribution in [3.63, 3.8) is 0 Å². The maximum Gasteiger partial charge on any atom is 0.433 e. The van der Waals surface area contributed by atoms with Crippen molar-refractivity contribution in [2.24, 2.45) is 0 Å². The van der Waals surface area contributed by atoms with Gasteiger partial charge in [-0.1, -0.05) is 24.6 Å². The molecule has 1 spiro atoms. The highest BCUT2D eigenvalue weighted by atomic mass is 35.5. The second-order valence-electron chi connectivity index (χ2n) is 13.3. The molecule has 1 atom stereocenters. The SMILES string of the molecule is C[C@@H]1CC2(CCN(C(=O)OC(C)(C)C)CC2)c2c1n(CC(=O)Nc1ccc(C(F)(F)F)nc1Cl)c1nc(C3=CCOCC3)nn1c2=O. The maximum atomic E-state index is 14.3. The van der Waals surface area contributed by atoms with E-state index in [2.05, 4.69) is 15.4 Å². The number of anilines is 1. The predicted molar refractivity (Wildman–Crippen MR) is 165 cm³/mol. The van der Waals surface area contributed by atoms with Crippen molar-refractivity contribution in [3.05, 3.63) is 56.5 Å². The van der Waals surface area contributed by atoms with Crippen LogP contribution in [0, 0.1) is 0 Å². The number of aromatic nitrogens is 5. The van der Waals surface area contributed by atoms with E-state index in [1.807, 2.05) is 13.0 Å². The van der Waals surface area contributed by atoms with Crippen LogP contribution < -0.4 is 10.9 Å². The van der Waals surface area contributed by atoms with Crippen molar-refractivity contribution >= 4 is 40.6 Å². The quantitative estimate of drug-likeness (QED) is 0.374. The lowest BCUT2D eigenvalue weighted by Crippen LogP contribution is -2.48. The number of halogens is 4. The molecule has 1 fully saturated rings. The summed E-state index contributed by atoms with van der Waals surface area (Å²) in [7, 11) is 0.